The van der Waals surface area contributed by atoms with Crippen molar-refractivity contribution in [1.82, 2.24) is 24.7 Å². The van der Waals surface area contributed by atoms with Gasteiger partial charge >= 0.3 is 0 Å². The number of sulfonamides is 1. The molecule has 3 aliphatic heterocycles. The highest BCUT2D eigenvalue weighted by Gasteiger charge is 2.35. The summed E-state index contributed by atoms with van der Waals surface area (Å²) in [6.45, 7) is 16.9. The number of benzene rings is 4. The van der Waals surface area contributed by atoms with Crippen LogP contribution in [0.1, 0.15) is 48.5 Å². The molecular weight excluding hydrogens is 862 g/mol. The van der Waals surface area contributed by atoms with Crippen molar-refractivity contribution in [2.75, 3.05) is 114 Å². The molecule has 4 aromatic rings. The predicted molar refractivity (Wildman–Crippen MR) is 262 cm³/mol. The van der Waals surface area contributed by atoms with Gasteiger partial charge in [0.2, 0.25) is 0 Å². The second-order valence-electron chi connectivity index (χ2n) is 18.1. The summed E-state index contributed by atoms with van der Waals surface area (Å²) in [6, 6.07) is 32.8. The van der Waals surface area contributed by atoms with Crippen molar-refractivity contribution >= 4 is 56.2 Å². The number of amides is 1. The van der Waals surface area contributed by atoms with Crippen LogP contribution in [-0.2, 0) is 14.8 Å². The van der Waals surface area contributed by atoms with Gasteiger partial charge in [-0.05, 0) is 115 Å². The number of carbonyl (C=O) groups is 1. The molecule has 8 rings (SSSR count). The highest BCUT2D eigenvalue weighted by molar-refractivity contribution is 7.99. The van der Waals surface area contributed by atoms with Crippen molar-refractivity contribution < 1.29 is 17.9 Å². The van der Waals surface area contributed by atoms with Crippen molar-refractivity contribution in [3.05, 3.63) is 125 Å². The molecule has 4 aromatic carbocycles. The normalized spacial score (nSPS) is 21.1. The van der Waals surface area contributed by atoms with E-state index in [0.717, 1.165) is 140 Å². The third kappa shape index (κ3) is 12.9. The largest absolute Gasteiger partial charge is 0.381 e. The average Bonchev–Trinajstić information content (AvgIpc) is 3.31. The Bertz CT molecular complexity index is 2260. The number of allylic oxidation sites excluding steroid dienone is 1. The van der Waals surface area contributed by atoms with E-state index < -0.39 is 15.9 Å². The molecule has 4 aliphatic rings. The summed E-state index contributed by atoms with van der Waals surface area (Å²) < 4.78 is 34.7. The van der Waals surface area contributed by atoms with Gasteiger partial charge in [0.15, 0.2) is 0 Å². The van der Waals surface area contributed by atoms with E-state index in [1.54, 1.807) is 53.7 Å². The number of carbonyl (C=O) groups excluding carboxylic acids is 1. The zero-order valence-electron chi connectivity index (χ0n) is 37.2. The minimum atomic E-state index is -4.09. The minimum absolute atomic E-state index is 0.0397. The standard InChI is InChI=1S/C50H64ClN7O4S2/c1-50(38-57-25-22-52-23-26-57)21-19-48(39-7-11-42(51)12-8-39)41(35-50)36-56-27-29-58(30-28-56)45-15-9-40(10-16-45)49(59)54-64(60,61)47-17-13-43(14-18-47)53-44(20-24-55-31-33-62-34-32-55)37-63-46-5-3-2-4-6-46/h2-18,44,52-53H,19-38H2,1H3,(H,54,59)/t44-,50?/m1/s1. The fourth-order valence-electron chi connectivity index (χ4n) is 9.55. The van der Waals surface area contributed by atoms with Crippen molar-refractivity contribution in [2.45, 2.75) is 48.4 Å². The Hall–Kier alpha value is -3.92. The number of nitrogens with zero attached hydrogens (tertiary/aromatic N) is 4. The Morgan fingerprint density at radius 2 is 1.53 bits per heavy atom. The van der Waals surface area contributed by atoms with Crippen LogP contribution in [0, 0.1) is 5.41 Å². The van der Waals surface area contributed by atoms with Crippen LogP contribution in [-0.4, -0.2) is 139 Å². The Balaban J connectivity index is 0.842. The Labute approximate surface area is 390 Å². The lowest BCUT2D eigenvalue weighted by atomic mass is 9.71. The maximum atomic E-state index is 13.4. The van der Waals surface area contributed by atoms with Crippen LogP contribution in [0.2, 0.25) is 5.02 Å². The third-order valence-electron chi connectivity index (χ3n) is 13.2. The highest BCUT2D eigenvalue weighted by Crippen LogP contribution is 2.44. The second kappa shape index (κ2) is 22.0. The van der Waals surface area contributed by atoms with Gasteiger partial charge in [-0.15, -0.1) is 11.8 Å². The van der Waals surface area contributed by atoms with E-state index in [0.29, 0.717) is 5.56 Å². The van der Waals surface area contributed by atoms with Gasteiger partial charge in [-0.2, -0.15) is 0 Å². The van der Waals surface area contributed by atoms with E-state index in [-0.39, 0.29) is 16.4 Å². The Morgan fingerprint density at radius 1 is 0.828 bits per heavy atom. The number of ether oxygens (including phenoxy) is 1. The number of piperazine rings is 2. The maximum absolute atomic E-state index is 13.4. The van der Waals surface area contributed by atoms with Gasteiger partial charge in [0.05, 0.1) is 18.1 Å². The number of rotatable bonds is 17. The van der Waals surface area contributed by atoms with Crippen LogP contribution in [0.5, 0.6) is 0 Å². The van der Waals surface area contributed by atoms with Gasteiger partial charge in [-0.3, -0.25) is 14.6 Å². The lowest BCUT2D eigenvalue weighted by molar-refractivity contribution is 0.0370. The molecule has 2 atom stereocenters. The van der Waals surface area contributed by atoms with Crippen LogP contribution in [0.4, 0.5) is 11.4 Å². The zero-order valence-corrected chi connectivity index (χ0v) is 39.5. The van der Waals surface area contributed by atoms with E-state index in [1.807, 2.05) is 42.5 Å². The first-order valence-corrected chi connectivity index (χ1v) is 25.8. The van der Waals surface area contributed by atoms with Crippen molar-refractivity contribution in [1.29, 1.82) is 0 Å². The first kappa shape index (κ1) is 46.6. The predicted octanol–water partition coefficient (Wildman–Crippen LogP) is 7.43. The second-order valence-corrected chi connectivity index (χ2v) is 21.3. The first-order valence-electron chi connectivity index (χ1n) is 23.0. The number of hydrogen-bond donors (Lipinski definition) is 3. The Morgan fingerprint density at radius 3 is 2.23 bits per heavy atom. The van der Waals surface area contributed by atoms with E-state index in [1.165, 1.54) is 22.5 Å². The number of hydrogen-bond acceptors (Lipinski definition) is 11. The van der Waals surface area contributed by atoms with E-state index in [9.17, 15) is 13.2 Å². The molecule has 14 heteroatoms. The van der Waals surface area contributed by atoms with Crippen molar-refractivity contribution in [3.63, 3.8) is 0 Å². The fraction of sp³-hybridized carbons (Fsp3) is 0.460. The first-order chi connectivity index (χ1) is 31.1. The third-order valence-corrected chi connectivity index (χ3v) is 16.0. The number of morpholine rings is 1. The number of nitrogens with one attached hydrogen (secondary N) is 3. The Kier molecular flexibility index (Phi) is 16.1. The van der Waals surface area contributed by atoms with Crippen molar-refractivity contribution in [3.8, 4) is 0 Å². The molecule has 1 aliphatic carbocycles. The van der Waals surface area contributed by atoms with Crippen LogP contribution < -0.4 is 20.3 Å². The monoisotopic (exact) mass is 925 g/mol. The summed E-state index contributed by atoms with van der Waals surface area (Å²) >= 11 is 8.11. The molecule has 1 amide bonds. The van der Waals surface area contributed by atoms with Gasteiger partial charge in [-0.1, -0.05) is 54.4 Å². The van der Waals surface area contributed by atoms with Gasteiger partial charge in [0.1, 0.15) is 0 Å². The summed E-state index contributed by atoms with van der Waals surface area (Å²) in [7, 11) is -4.09. The average molecular weight is 927 g/mol. The quantitative estimate of drug-likeness (QED) is 0.0922. The van der Waals surface area contributed by atoms with Crippen molar-refractivity contribution in [2.24, 2.45) is 5.41 Å². The maximum Gasteiger partial charge on any atom is 0.264 e. The molecule has 11 nitrogen and oxygen atoms in total. The molecule has 3 N–H and O–H groups in total. The highest BCUT2D eigenvalue weighted by atomic mass is 35.5. The van der Waals surface area contributed by atoms with Gasteiger partial charge in [-0.25, -0.2) is 13.1 Å². The smallest absolute Gasteiger partial charge is 0.264 e. The van der Waals surface area contributed by atoms with Crippen LogP contribution >= 0.6 is 23.4 Å². The molecule has 3 fully saturated rings. The summed E-state index contributed by atoms with van der Waals surface area (Å²) in [6.07, 6.45) is 4.30. The number of thioether (sulfide) groups is 1. The molecule has 3 saturated heterocycles. The van der Waals surface area contributed by atoms with Crippen LogP contribution in [0.15, 0.2) is 118 Å². The topological polar surface area (TPSA) is 109 Å². The molecule has 1 unspecified atom stereocenters. The molecule has 64 heavy (non-hydrogen) atoms. The molecule has 0 saturated carbocycles. The molecule has 3 heterocycles. The molecular formula is C50H64ClN7O4S2. The molecule has 0 aromatic heterocycles. The summed E-state index contributed by atoms with van der Waals surface area (Å²) in [5.74, 6) is 0.211. The molecule has 342 valence electrons. The zero-order chi connectivity index (χ0) is 44.4. The fourth-order valence-corrected chi connectivity index (χ4v) is 11.6. The van der Waals surface area contributed by atoms with Gasteiger partial charge < -0.3 is 25.2 Å². The van der Waals surface area contributed by atoms with Crippen LogP contribution in [0.25, 0.3) is 5.57 Å². The van der Waals surface area contributed by atoms with Gasteiger partial charge in [0, 0.05) is 124 Å². The summed E-state index contributed by atoms with van der Waals surface area (Å²) in [4.78, 5) is 24.6. The molecule has 0 spiro atoms. The lowest BCUT2D eigenvalue weighted by Crippen LogP contribution is -2.49. The lowest BCUT2D eigenvalue weighted by Gasteiger charge is -2.43. The molecule has 0 radical (unpaired) electrons. The number of halogens is 1. The van der Waals surface area contributed by atoms with E-state index in [4.69, 9.17) is 16.3 Å². The molecule has 0 bridgehead atoms. The SMILES string of the molecule is CC1(CN2CCNCC2)CCC(c2ccc(Cl)cc2)=C(CN2CCN(c3ccc(C(=O)NS(=O)(=O)c4ccc(N[C@H](CCN5CCOCC5)CSc5ccccc5)cc4)cc3)CC2)C1. The van der Waals surface area contributed by atoms with Gasteiger partial charge in [0.25, 0.3) is 15.9 Å². The summed E-state index contributed by atoms with van der Waals surface area (Å²) in [5.41, 5.74) is 6.72. The minimum Gasteiger partial charge on any atom is -0.381 e. The summed E-state index contributed by atoms with van der Waals surface area (Å²) in [5, 5.41) is 7.90. The van der Waals surface area contributed by atoms with Crippen LogP contribution in [0.3, 0.4) is 0 Å². The van der Waals surface area contributed by atoms with E-state index >= 15 is 0 Å². The van der Waals surface area contributed by atoms with E-state index in [2.05, 4.69) is 66.1 Å². The number of anilines is 2.